The van der Waals surface area contributed by atoms with Crippen molar-refractivity contribution < 1.29 is 5.11 Å². The molecule has 1 aliphatic rings. The van der Waals surface area contributed by atoms with E-state index >= 15 is 0 Å². The normalized spacial score (nSPS) is 18.2. The summed E-state index contributed by atoms with van der Waals surface area (Å²) in [4.78, 5) is 9.27. The van der Waals surface area contributed by atoms with Crippen LogP contribution < -0.4 is 0 Å². The molecule has 102 valence electrons. The molecule has 0 atom stereocenters. The van der Waals surface area contributed by atoms with E-state index in [9.17, 15) is 0 Å². The number of hydrogen-bond acceptors (Lipinski definition) is 5. The Morgan fingerprint density at radius 1 is 1.21 bits per heavy atom. The standard InChI is InChI=1S/C14H19N3OS/c18-7-6-16-2-4-17(5-3-16)11-12-9-14-13(15-10-12)1-8-19-14/h1,8-10,18H,2-7,11H2. The zero-order valence-electron chi connectivity index (χ0n) is 11.0. The Morgan fingerprint density at radius 2 is 2.00 bits per heavy atom. The number of thiophene rings is 1. The summed E-state index contributed by atoms with van der Waals surface area (Å²) in [6.45, 7) is 6.29. The van der Waals surface area contributed by atoms with E-state index in [1.807, 2.05) is 6.20 Å². The van der Waals surface area contributed by atoms with E-state index in [-0.39, 0.29) is 6.61 Å². The highest BCUT2D eigenvalue weighted by Crippen LogP contribution is 2.20. The number of rotatable bonds is 4. The molecule has 1 saturated heterocycles. The number of aliphatic hydroxyl groups is 1. The molecule has 1 fully saturated rings. The first-order valence-electron chi connectivity index (χ1n) is 6.73. The molecule has 19 heavy (non-hydrogen) atoms. The molecule has 0 saturated carbocycles. The summed E-state index contributed by atoms with van der Waals surface area (Å²) in [6.07, 6.45) is 2.00. The minimum absolute atomic E-state index is 0.263. The molecule has 0 unspecified atom stereocenters. The summed E-state index contributed by atoms with van der Waals surface area (Å²) in [5.74, 6) is 0. The lowest BCUT2D eigenvalue weighted by atomic mass is 10.2. The number of β-amino-alcohol motifs (C(OH)–C–C–N with tert-alkyl or cyclic N) is 1. The SMILES string of the molecule is OCCN1CCN(Cc2cnc3ccsc3c2)CC1. The quantitative estimate of drug-likeness (QED) is 0.917. The number of nitrogens with zero attached hydrogens (tertiary/aromatic N) is 3. The van der Waals surface area contributed by atoms with Crippen LogP contribution in [0, 0.1) is 0 Å². The maximum absolute atomic E-state index is 8.94. The molecule has 3 rings (SSSR count). The molecule has 0 aromatic carbocycles. The minimum Gasteiger partial charge on any atom is -0.395 e. The molecule has 3 heterocycles. The number of aliphatic hydroxyl groups excluding tert-OH is 1. The van der Waals surface area contributed by atoms with Gasteiger partial charge < -0.3 is 5.11 Å². The van der Waals surface area contributed by atoms with Crippen LogP contribution in [0.15, 0.2) is 23.7 Å². The molecule has 0 bridgehead atoms. The fourth-order valence-corrected chi connectivity index (χ4v) is 3.35. The summed E-state index contributed by atoms with van der Waals surface area (Å²) in [7, 11) is 0. The van der Waals surface area contributed by atoms with Crippen molar-refractivity contribution in [2.75, 3.05) is 39.3 Å². The Kier molecular flexibility index (Phi) is 4.08. The fraction of sp³-hybridized carbons (Fsp3) is 0.500. The van der Waals surface area contributed by atoms with Gasteiger partial charge in [0.2, 0.25) is 0 Å². The van der Waals surface area contributed by atoms with Crippen LogP contribution in [-0.2, 0) is 6.54 Å². The highest BCUT2D eigenvalue weighted by atomic mass is 32.1. The van der Waals surface area contributed by atoms with Crippen LogP contribution in [0.1, 0.15) is 5.56 Å². The molecule has 0 radical (unpaired) electrons. The van der Waals surface area contributed by atoms with Gasteiger partial charge in [-0.3, -0.25) is 14.8 Å². The van der Waals surface area contributed by atoms with Crippen LogP contribution in [0.2, 0.25) is 0 Å². The molecule has 0 amide bonds. The number of aromatic nitrogens is 1. The van der Waals surface area contributed by atoms with Gasteiger partial charge in [-0.2, -0.15) is 0 Å². The predicted octanol–water partition coefficient (Wildman–Crippen LogP) is 1.41. The zero-order valence-corrected chi connectivity index (χ0v) is 11.8. The fourth-order valence-electron chi connectivity index (χ4n) is 2.54. The first-order chi connectivity index (χ1) is 9.35. The van der Waals surface area contributed by atoms with Gasteiger partial charge in [-0.15, -0.1) is 11.3 Å². The third-order valence-corrected chi connectivity index (χ3v) is 4.50. The van der Waals surface area contributed by atoms with Crippen LogP contribution in [0.4, 0.5) is 0 Å². The van der Waals surface area contributed by atoms with Crippen molar-refractivity contribution in [3.05, 3.63) is 29.3 Å². The topological polar surface area (TPSA) is 39.6 Å². The van der Waals surface area contributed by atoms with Crippen LogP contribution >= 0.6 is 11.3 Å². The van der Waals surface area contributed by atoms with Crippen LogP contribution in [-0.4, -0.2) is 59.2 Å². The van der Waals surface area contributed by atoms with E-state index in [0.29, 0.717) is 0 Å². The van der Waals surface area contributed by atoms with Crippen molar-refractivity contribution in [2.24, 2.45) is 0 Å². The molecule has 2 aromatic rings. The number of fused-ring (bicyclic) bond motifs is 1. The summed E-state index contributed by atoms with van der Waals surface area (Å²) in [5, 5.41) is 11.0. The van der Waals surface area contributed by atoms with Gasteiger partial charge in [0.05, 0.1) is 16.8 Å². The highest BCUT2D eigenvalue weighted by molar-refractivity contribution is 7.17. The molecular weight excluding hydrogens is 258 g/mol. The maximum atomic E-state index is 8.94. The van der Waals surface area contributed by atoms with Gasteiger partial charge in [-0.1, -0.05) is 0 Å². The second-order valence-corrected chi connectivity index (χ2v) is 5.94. The first-order valence-corrected chi connectivity index (χ1v) is 7.61. The average Bonchev–Trinajstić information content (AvgIpc) is 2.89. The van der Waals surface area contributed by atoms with Crippen molar-refractivity contribution >= 4 is 21.6 Å². The molecule has 2 aromatic heterocycles. The van der Waals surface area contributed by atoms with Crippen molar-refractivity contribution in [3.8, 4) is 0 Å². The Morgan fingerprint density at radius 3 is 2.79 bits per heavy atom. The van der Waals surface area contributed by atoms with Gasteiger partial charge in [0, 0.05) is 45.5 Å². The molecule has 5 heteroatoms. The molecule has 1 aliphatic heterocycles. The second-order valence-electron chi connectivity index (χ2n) is 4.99. The number of pyridine rings is 1. The number of hydrogen-bond donors (Lipinski definition) is 1. The van der Waals surface area contributed by atoms with Gasteiger partial charge in [-0.05, 0) is 23.1 Å². The zero-order chi connectivity index (χ0) is 13.1. The van der Waals surface area contributed by atoms with Gasteiger partial charge >= 0.3 is 0 Å². The lowest BCUT2D eigenvalue weighted by Gasteiger charge is -2.34. The van der Waals surface area contributed by atoms with Gasteiger partial charge in [0.1, 0.15) is 0 Å². The minimum atomic E-state index is 0.263. The van der Waals surface area contributed by atoms with Crippen molar-refractivity contribution in [1.82, 2.24) is 14.8 Å². The van der Waals surface area contributed by atoms with Gasteiger partial charge in [0.15, 0.2) is 0 Å². The summed E-state index contributed by atoms with van der Waals surface area (Å²) in [5.41, 5.74) is 2.40. The third-order valence-electron chi connectivity index (χ3n) is 3.65. The Bertz CT molecular complexity index is 534. The van der Waals surface area contributed by atoms with Crippen LogP contribution in [0.25, 0.3) is 10.2 Å². The lowest BCUT2D eigenvalue weighted by Crippen LogP contribution is -2.46. The largest absolute Gasteiger partial charge is 0.395 e. The van der Waals surface area contributed by atoms with Crippen molar-refractivity contribution in [1.29, 1.82) is 0 Å². The third kappa shape index (κ3) is 3.12. The number of piperazine rings is 1. The molecule has 0 spiro atoms. The maximum Gasteiger partial charge on any atom is 0.0809 e. The monoisotopic (exact) mass is 277 g/mol. The van der Waals surface area contributed by atoms with E-state index in [0.717, 1.165) is 44.8 Å². The van der Waals surface area contributed by atoms with Gasteiger partial charge in [0.25, 0.3) is 0 Å². The lowest BCUT2D eigenvalue weighted by molar-refractivity contribution is 0.108. The van der Waals surface area contributed by atoms with Crippen LogP contribution in [0.3, 0.4) is 0 Å². The van der Waals surface area contributed by atoms with E-state index in [2.05, 4.69) is 32.3 Å². The van der Waals surface area contributed by atoms with E-state index < -0.39 is 0 Å². The summed E-state index contributed by atoms with van der Waals surface area (Å²) in [6, 6.07) is 4.32. The van der Waals surface area contributed by atoms with Gasteiger partial charge in [-0.25, -0.2) is 0 Å². The van der Waals surface area contributed by atoms with Crippen molar-refractivity contribution in [2.45, 2.75) is 6.54 Å². The first kappa shape index (κ1) is 13.0. The smallest absolute Gasteiger partial charge is 0.0809 e. The Balaban J connectivity index is 1.59. The Labute approximate surface area is 117 Å². The Hall–Kier alpha value is -1.01. The van der Waals surface area contributed by atoms with E-state index in [1.165, 1.54) is 10.3 Å². The predicted molar refractivity (Wildman–Crippen MR) is 78.4 cm³/mol. The molecule has 0 aliphatic carbocycles. The van der Waals surface area contributed by atoms with E-state index in [1.54, 1.807) is 11.3 Å². The average molecular weight is 277 g/mol. The highest BCUT2D eigenvalue weighted by Gasteiger charge is 2.16. The molecular formula is C14H19N3OS. The van der Waals surface area contributed by atoms with Crippen LogP contribution in [0.5, 0.6) is 0 Å². The molecule has 4 nitrogen and oxygen atoms in total. The summed E-state index contributed by atoms with van der Waals surface area (Å²) < 4.78 is 1.27. The van der Waals surface area contributed by atoms with Crippen molar-refractivity contribution in [3.63, 3.8) is 0 Å². The summed E-state index contributed by atoms with van der Waals surface area (Å²) >= 11 is 1.75. The second kappa shape index (κ2) is 5.96. The van der Waals surface area contributed by atoms with E-state index in [4.69, 9.17) is 5.11 Å². The molecule has 1 N–H and O–H groups in total.